The quantitative estimate of drug-likeness (QED) is 0.176. The third-order valence-electron chi connectivity index (χ3n) is 7.22. The number of carbonyl (C=O) groups excluding carboxylic acids is 2. The molecule has 1 saturated heterocycles. The zero-order chi connectivity index (χ0) is 30.3. The van der Waals surface area contributed by atoms with Gasteiger partial charge in [0.2, 0.25) is 5.91 Å². The molecule has 2 aromatic heterocycles. The Morgan fingerprint density at radius 1 is 1.05 bits per heavy atom. The molecule has 4 aromatic rings. The van der Waals surface area contributed by atoms with Crippen molar-refractivity contribution in [3.63, 3.8) is 0 Å². The van der Waals surface area contributed by atoms with Gasteiger partial charge < -0.3 is 26.0 Å². The fourth-order valence-electron chi connectivity index (χ4n) is 4.99. The Hall–Kier alpha value is -4.02. The highest BCUT2D eigenvalue weighted by Crippen LogP contribution is 2.41. The van der Waals surface area contributed by atoms with Gasteiger partial charge in [-0.05, 0) is 43.3 Å². The first-order valence-electron chi connectivity index (χ1n) is 13.9. The summed E-state index contributed by atoms with van der Waals surface area (Å²) in [5.74, 6) is 0.423. The molecule has 3 heterocycles. The van der Waals surface area contributed by atoms with Crippen molar-refractivity contribution in [2.75, 3.05) is 26.0 Å². The maximum Gasteiger partial charge on any atom is 0.274 e. The first-order chi connectivity index (χ1) is 20.9. The molecule has 0 aliphatic carbocycles. The molecule has 5 rings (SSSR count). The smallest absolute Gasteiger partial charge is 0.274 e. The highest BCUT2D eigenvalue weighted by molar-refractivity contribution is 6.39. The number of hydrogen-bond donors (Lipinski definition) is 4. The van der Waals surface area contributed by atoms with E-state index < -0.39 is 0 Å². The number of ether oxygens (including phenoxy) is 1. The molecule has 9 nitrogen and oxygen atoms in total. The number of benzene rings is 2. The van der Waals surface area contributed by atoms with Gasteiger partial charge in [-0.3, -0.25) is 19.6 Å². The van der Waals surface area contributed by atoms with Gasteiger partial charge in [-0.2, -0.15) is 0 Å². The van der Waals surface area contributed by atoms with E-state index in [1.807, 2.05) is 37.4 Å². The summed E-state index contributed by atoms with van der Waals surface area (Å²) in [7, 11) is 3.47. The van der Waals surface area contributed by atoms with E-state index in [0.29, 0.717) is 64.4 Å². The van der Waals surface area contributed by atoms with Crippen LogP contribution in [0.5, 0.6) is 5.75 Å². The van der Waals surface area contributed by atoms with E-state index in [0.717, 1.165) is 23.1 Å². The van der Waals surface area contributed by atoms with Gasteiger partial charge in [-0.25, -0.2) is 0 Å². The first kappa shape index (κ1) is 30.4. The van der Waals surface area contributed by atoms with Gasteiger partial charge >= 0.3 is 0 Å². The third kappa shape index (κ3) is 7.14. The predicted octanol–water partition coefficient (Wildman–Crippen LogP) is 5.47. The lowest BCUT2D eigenvalue weighted by Gasteiger charge is -2.16. The van der Waals surface area contributed by atoms with Gasteiger partial charge in [0.15, 0.2) is 0 Å². The summed E-state index contributed by atoms with van der Waals surface area (Å²) >= 11 is 13.7. The Morgan fingerprint density at radius 3 is 2.60 bits per heavy atom. The van der Waals surface area contributed by atoms with Crippen molar-refractivity contribution < 1.29 is 14.3 Å². The number of anilines is 1. The Kier molecular flexibility index (Phi) is 9.89. The lowest BCUT2D eigenvalue weighted by Crippen LogP contribution is -2.35. The predicted molar refractivity (Wildman–Crippen MR) is 170 cm³/mol. The van der Waals surface area contributed by atoms with Crippen molar-refractivity contribution in [2.45, 2.75) is 32.0 Å². The third-order valence-corrected chi connectivity index (χ3v) is 8.01. The molecule has 0 bridgehead atoms. The maximum atomic E-state index is 12.9. The number of nitrogens with one attached hydrogen (secondary N) is 4. The number of hydrogen-bond acceptors (Lipinski definition) is 7. The molecule has 0 unspecified atom stereocenters. The number of aromatic nitrogens is 2. The number of halogens is 2. The summed E-state index contributed by atoms with van der Waals surface area (Å²) in [6.07, 6.45) is 4.75. The van der Waals surface area contributed by atoms with Crippen LogP contribution in [0, 0.1) is 0 Å². The Balaban J connectivity index is 1.35. The fourth-order valence-corrected chi connectivity index (χ4v) is 5.59. The molecular weight excluding hydrogens is 587 g/mol. The summed E-state index contributed by atoms with van der Waals surface area (Å²) in [4.78, 5) is 33.2. The molecule has 1 aliphatic heterocycles. The minimum absolute atomic E-state index is 0.0986. The van der Waals surface area contributed by atoms with Gasteiger partial charge in [0.05, 0.1) is 28.5 Å². The van der Waals surface area contributed by atoms with E-state index >= 15 is 0 Å². The lowest BCUT2D eigenvalue weighted by molar-refractivity contribution is -0.119. The molecule has 1 atom stereocenters. The van der Waals surface area contributed by atoms with Crippen molar-refractivity contribution in [1.29, 1.82) is 0 Å². The van der Waals surface area contributed by atoms with E-state index in [1.165, 1.54) is 0 Å². The van der Waals surface area contributed by atoms with Crippen molar-refractivity contribution in [3.05, 3.63) is 93.9 Å². The van der Waals surface area contributed by atoms with Crippen LogP contribution in [-0.2, 0) is 17.9 Å². The zero-order valence-electron chi connectivity index (χ0n) is 23.8. The van der Waals surface area contributed by atoms with Gasteiger partial charge in [0.1, 0.15) is 11.4 Å². The van der Waals surface area contributed by atoms with Crippen LogP contribution in [-0.4, -0.2) is 48.5 Å². The van der Waals surface area contributed by atoms with Gasteiger partial charge in [0.25, 0.3) is 5.91 Å². The van der Waals surface area contributed by atoms with E-state index in [9.17, 15) is 9.59 Å². The average Bonchev–Trinajstić information content (AvgIpc) is 3.44. The molecule has 1 aliphatic rings. The number of nitrogens with zero attached hydrogens (tertiary/aromatic N) is 2. The van der Waals surface area contributed by atoms with Crippen molar-refractivity contribution in [1.82, 2.24) is 25.9 Å². The minimum atomic E-state index is -0.369. The molecule has 2 amide bonds. The maximum absolute atomic E-state index is 12.9. The van der Waals surface area contributed by atoms with Crippen molar-refractivity contribution in [2.24, 2.45) is 0 Å². The van der Waals surface area contributed by atoms with Gasteiger partial charge in [-0.15, -0.1) is 0 Å². The van der Waals surface area contributed by atoms with Gasteiger partial charge in [0, 0.05) is 66.7 Å². The van der Waals surface area contributed by atoms with E-state index in [1.54, 1.807) is 43.8 Å². The number of carbonyl (C=O) groups is 2. The van der Waals surface area contributed by atoms with E-state index in [4.69, 9.17) is 27.9 Å². The van der Waals surface area contributed by atoms with Crippen LogP contribution >= 0.6 is 23.2 Å². The average molecular weight is 620 g/mol. The monoisotopic (exact) mass is 618 g/mol. The second kappa shape index (κ2) is 14.0. The first-order valence-corrected chi connectivity index (χ1v) is 14.6. The topological polar surface area (TPSA) is 117 Å². The van der Waals surface area contributed by atoms with Gasteiger partial charge in [-0.1, -0.05) is 53.5 Å². The van der Waals surface area contributed by atoms with Crippen LogP contribution in [0.2, 0.25) is 10.0 Å². The SMILES string of the molecule is CNCc1ccc(C(=O)Nc2cccc(-c3ccnc(-c4ccc(CNC[C@@H]5CCC(=O)N5)c(OC)c4)c3Cl)c2Cl)nc1. The van der Waals surface area contributed by atoms with Crippen LogP contribution in [0.15, 0.2) is 67.0 Å². The zero-order valence-corrected chi connectivity index (χ0v) is 25.4. The summed E-state index contributed by atoms with van der Waals surface area (Å²) < 4.78 is 5.68. The van der Waals surface area contributed by atoms with Crippen LogP contribution in [0.25, 0.3) is 22.4 Å². The summed E-state index contributed by atoms with van der Waals surface area (Å²) in [5, 5.41) is 13.0. The lowest BCUT2D eigenvalue weighted by atomic mass is 10.0. The number of pyridine rings is 2. The van der Waals surface area contributed by atoms with Crippen molar-refractivity contribution >= 4 is 40.7 Å². The van der Waals surface area contributed by atoms with E-state index in [-0.39, 0.29) is 23.6 Å². The largest absolute Gasteiger partial charge is 0.496 e. The second-order valence-corrected chi connectivity index (χ2v) is 10.9. The molecule has 11 heteroatoms. The number of amides is 2. The Bertz CT molecular complexity index is 1630. The number of rotatable bonds is 11. The second-order valence-electron chi connectivity index (χ2n) is 10.2. The highest BCUT2D eigenvalue weighted by Gasteiger charge is 2.21. The molecule has 0 saturated carbocycles. The van der Waals surface area contributed by atoms with Crippen LogP contribution in [0.3, 0.4) is 0 Å². The molecule has 222 valence electrons. The molecule has 0 spiro atoms. The minimum Gasteiger partial charge on any atom is -0.496 e. The standard InChI is InChI=1S/C32H32Cl2N6O3/c1-35-15-19-6-10-26(38-16-19)32(42)40-25-5-3-4-23(29(25)33)24-12-13-37-31(30(24)34)20-7-8-21(27(14-20)43-2)17-36-18-22-9-11-28(41)39-22/h3-8,10,12-14,16,22,35-36H,9,11,15,17-18H2,1-2H3,(H,39,41)(H,40,42)/t22-/m0/s1. The molecular formula is C32H32Cl2N6O3. The van der Waals surface area contributed by atoms with Crippen molar-refractivity contribution in [3.8, 4) is 28.1 Å². The summed E-state index contributed by atoms with van der Waals surface area (Å²) in [5.41, 5.74) is 5.34. The highest BCUT2D eigenvalue weighted by atomic mass is 35.5. The molecule has 43 heavy (non-hydrogen) atoms. The van der Waals surface area contributed by atoms with Crippen LogP contribution < -0.4 is 26.0 Å². The molecule has 1 fully saturated rings. The summed E-state index contributed by atoms with van der Waals surface area (Å²) in [6.45, 7) is 1.93. The number of methoxy groups -OCH3 is 1. The summed E-state index contributed by atoms with van der Waals surface area (Å²) in [6, 6.07) is 16.7. The molecule has 4 N–H and O–H groups in total. The van der Waals surface area contributed by atoms with Crippen LogP contribution in [0.1, 0.15) is 34.5 Å². The molecule has 0 radical (unpaired) electrons. The normalized spacial score (nSPS) is 14.4. The van der Waals surface area contributed by atoms with Crippen LogP contribution in [0.4, 0.5) is 5.69 Å². The Labute approximate surface area is 260 Å². The van der Waals surface area contributed by atoms with E-state index in [2.05, 4.69) is 31.2 Å². The Morgan fingerprint density at radius 2 is 1.88 bits per heavy atom. The fraction of sp³-hybridized carbons (Fsp3) is 0.250. The molecule has 2 aromatic carbocycles.